The number of nitrogens with two attached hydrogens (primary N) is 1. The van der Waals surface area contributed by atoms with E-state index in [4.69, 9.17) is 15.7 Å². The largest absolute Gasteiger partial charge is 0.509 e. The summed E-state index contributed by atoms with van der Waals surface area (Å²) in [4.78, 5) is 14.1. The second-order valence-corrected chi connectivity index (χ2v) is 10.2. The molecule has 3 heterocycles. The maximum atomic E-state index is 15.3. The number of aromatic nitrogens is 1. The van der Waals surface area contributed by atoms with Gasteiger partial charge in [0.15, 0.2) is 0 Å². The van der Waals surface area contributed by atoms with Crippen LogP contribution in [0.15, 0.2) is 60.5 Å². The number of hydrogen-bond donors (Lipinski definition) is 2. The molecule has 3 N–H and O–H groups in total. The maximum Gasteiger partial charge on any atom is 0.205 e. The zero-order valence-electron chi connectivity index (χ0n) is 20.8. The minimum atomic E-state index is -2.14. The van der Waals surface area contributed by atoms with Crippen LogP contribution in [-0.4, -0.2) is 47.0 Å². The van der Waals surface area contributed by atoms with Crippen LogP contribution in [-0.2, 0) is 5.67 Å². The van der Waals surface area contributed by atoms with Gasteiger partial charge in [-0.3, -0.25) is 0 Å². The van der Waals surface area contributed by atoms with Gasteiger partial charge in [0.2, 0.25) is 5.67 Å². The second kappa shape index (κ2) is 10.3. The van der Waals surface area contributed by atoms with Crippen LogP contribution in [0, 0.1) is 5.41 Å². The Bertz CT molecular complexity index is 1040. The van der Waals surface area contributed by atoms with E-state index in [9.17, 15) is 5.11 Å². The van der Waals surface area contributed by atoms with Crippen LogP contribution in [0.3, 0.4) is 0 Å². The number of likely N-dealkylation sites (tertiary alicyclic amines) is 1. The van der Waals surface area contributed by atoms with Crippen LogP contribution >= 0.6 is 0 Å². The third-order valence-electron chi connectivity index (χ3n) is 7.69. The first-order valence-electron chi connectivity index (χ1n) is 12.7. The molecule has 1 unspecified atom stereocenters. The highest BCUT2D eigenvalue weighted by molar-refractivity contribution is 5.97. The summed E-state index contributed by atoms with van der Waals surface area (Å²) in [6.07, 6.45) is 15.4. The van der Waals surface area contributed by atoms with Gasteiger partial charge in [0.1, 0.15) is 17.4 Å². The van der Waals surface area contributed by atoms with E-state index in [-0.39, 0.29) is 5.69 Å². The lowest BCUT2D eigenvalue weighted by Gasteiger charge is -2.35. The molecule has 3 aliphatic rings. The van der Waals surface area contributed by atoms with Crippen molar-refractivity contribution in [2.24, 2.45) is 16.1 Å². The Morgan fingerprint density at radius 2 is 1.80 bits per heavy atom. The van der Waals surface area contributed by atoms with Gasteiger partial charge in [-0.25, -0.2) is 14.4 Å². The third kappa shape index (κ3) is 5.60. The highest BCUT2D eigenvalue weighted by Gasteiger charge is 2.45. The summed E-state index contributed by atoms with van der Waals surface area (Å²) < 4.78 is 15.3. The predicted molar refractivity (Wildman–Crippen MR) is 142 cm³/mol. The number of pyridine rings is 1. The average Bonchev–Trinajstić information content (AvgIpc) is 3.62. The summed E-state index contributed by atoms with van der Waals surface area (Å²) in [6.45, 7) is 12.6. The Balaban J connectivity index is 1.70. The summed E-state index contributed by atoms with van der Waals surface area (Å²) in [7, 11) is 0. The summed E-state index contributed by atoms with van der Waals surface area (Å²) in [5, 5.41) is 9.87. The minimum Gasteiger partial charge on any atom is -0.509 e. The molecule has 1 atom stereocenters. The fraction of sp³-hybridized carbons (Fsp3) is 0.500. The molecule has 4 rings (SSSR count). The lowest BCUT2D eigenvalue weighted by molar-refractivity contribution is 0.156. The summed E-state index contributed by atoms with van der Waals surface area (Å²) in [5.74, 6) is 0.944. The molecule has 1 aromatic heterocycles. The van der Waals surface area contributed by atoms with E-state index in [0.717, 1.165) is 63.3 Å². The monoisotopic (exact) mass is 479 g/mol. The molecule has 0 aromatic carbocycles. The summed E-state index contributed by atoms with van der Waals surface area (Å²) in [6, 6.07) is 3.42. The van der Waals surface area contributed by atoms with Crippen LogP contribution in [0.5, 0.6) is 0 Å². The number of rotatable bonds is 7. The molecule has 1 spiro atoms. The van der Waals surface area contributed by atoms with Crippen molar-refractivity contribution in [3.05, 3.63) is 66.7 Å². The van der Waals surface area contributed by atoms with Crippen LogP contribution in [0.4, 0.5) is 10.2 Å². The highest BCUT2D eigenvalue weighted by Crippen LogP contribution is 2.54. The number of hydrogen-bond acceptors (Lipinski definition) is 5. The van der Waals surface area contributed by atoms with Crippen molar-refractivity contribution in [2.45, 2.75) is 57.5 Å². The second-order valence-electron chi connectivity index (χ2n) is 10.2. The fourth-order valence-electron chi connectivity index (χ4n) is 4.93. The number of alkyl halides is 1. The standard InChI is InChI=1S/C28H38FN5O/c1-21(31-25(9-5-6-16-30)33-17-7-4-8-18-33)23-10-11-24(27(3,29)22(2)35)32-26(23)34-19-14-28(12-13-28)15-20-34/h5-6,9-11,16,35H,1-2,4,7-8,12-15,17-20,30H2,3H3/b9-5-,16-6+,31-25?. The average molecular weight is 480 g/mol. The van der Waals surface area contributed by atoms with Gasteiger partial charge >= 0.3 is 0 Å². The van der Waals surface area contributed by atoms with Crippen molar-refractivity contribution in [2.75, 3.05) is 31.1 Å². The zero-order chi connectivity index (χ0) is 25.1. The van der Waals surface area contributed by atoms with Gasteiger partial charge in [0.05, 0.1) is 11.4 Å². The number of aliphatic hydroxyl groups excluding tert-OH is 1. The molecule has 0 bridgehead atoms. The van der Waals surface area contributed by atoms with Crippen LogP contribution < -0.4 is 10.6 Å². The molecule has 1 aliphatic carbocycles. The van der Waals surface area contributed by atoms with Crippen LogP contribution in [0.25, 0.3) is 5.70 Å². The third-order valence-corrected chi connectivity index (χ3v) is 7.69. The number of aliphatic imine (C=N–C) groups is 1. The highest BCUT2D eigenvalue weighted by atomic mass is 19.1. The normalized spacial score (nSPS) is 22.1. The van der Waals surface area contributed by atoms with Gasteiger partial charge in [-0.1, -0.05) is 19.2 Å². The van der Waals surface area contributed by atoms with Crippen molar-refractivity contribution < 1.29 is 9.50 Å². The molecular formula is C28H38FN5O. The van der Waals surface area contributed by atoms with Crippen molar-refractivity contribution >= 4 is 17.4 Å². The number of amidine groups is 1. The first kappa shape index (κ1) is 25.0. The van der Waals surface area contributed by atoms with Gasteiger partial charge in [-0.15, -0.1) is 0 Å². The van der Waals surface area contributed by atoms with E-state index in [1.165, 1.54) is 32.4 Å². The van der Waals surface area contributed by atoms with Crippen molar-refractivity contribution in [3.63, 3.8) is 0 Å². The smallest absolute Gasteiger partial charge is 0.205 e. The summed E-state index contributed by atoms with van der Waals surface area (Å²) in [5.41, 5.74) is 5.36. The molecule has 1 aromatic rings. The lowest BCUT2D eigenvalue weighted by Crippen LogP contribution is -2.36. The molecule has 2 aliphatic heterocycles. The number of piperidine rings is 2. The fourth-order valence-corrected chi connectivity index (χ4v) is 4.93. The zero-order valence-corrected chi connectivity index (χ0v) is 20.8. The van der Waals surface area contributed by atoms with E-state index < -0.39 is 11.4 Å². The molecule has 0 amide bonds. The molecule has 1 saturated carbocycles. The van der Waals surface area contributed by atoms with Crippen molar-refractivity contribution in [1.82, 2.24) is 9.88 Å². The van der Waals surface area contributed by atoms with E-state index in [0.29, 0.717) is 16.9 Å². The van der Waals surface area contributed by atoms with Gasteiger partial charge in [0, 0.05) is 31.7 Å². The first-order chi connectivity index (χ1) is 16.8. The van der Waals surface area contributed by atoms with E-state index in [1.54, 1.807) is 12.1 Å². The number of halogens is 1. The molecule has 3 fully saturated rings. The van der Waals surface area contributed by atoms with E-state index >= 15 is 4.39 Å². The Morgan fingerprint density at radius 3 is 2.40 bits per heavy atom. The van der Waals surface area contributed by atoms with Crippen LogP contribution in [0.1, 0.15) is 63.1 Å². The number of allylic oxidation sites excluding steroid dienone is 3. The first-order valence-corrected chi connectivity index (χ1v) is 12.7. The lowest BCUT2D eigenvalue weighted by atomic mass is 9.93. The van der Waals surface area contributed by atoms with E-state index in [1.807, 2.05) is 18.2 Å². The Kier molecular flexibility index (Phi) is 7.33. The quantitative estimate of drug-likeness (QED) is 0.230. The molecule has 2 saturated heterocycles. The Hall–Kier alpha value is -3.09. The number of nitrogens with zero attached hydrogens (tertiary/aromatic N) is 4. The van der Waals surface area contributed by atoms with Crippen LogP contribution in [0.2, 0.25) is 0 Å². The number of anilines is 1. The predicted octanol–water partition coefficient (Wildman–Crippen LogP) is 5.60. The Labute approximate surface area is 208 Å². The van der Waals surface area contributed by atoms with Crippen molar-refractivity contribution in [1.29, 1.82) is 0 Å². The topological polar surface area (TPSA) is 78.0 Å². The summed E-state index contributed by atoms with van der Waals surface area (Å²) >= 11 is 0. The Morgan fingerprint density at radius 1 is 1.11 bits per heavy atom. The maximum absolute atomic E-state index is 15.3. The molecule has 6 nitrogen and oxygen atoms in total. The minimum absolute atomic E-state index is 0.136. The molecule has 7 heteroatoms. The SMILES string of the molecule is C=C(N=C(/C=C\C=C\N)N1CCCCC1)c1ccc(C(C)(F)C(=C)O)nc1N1CCC2(CC1)CC2. The molecule has 188 valence electrons. The van der Waals surface area contributed by atoms with Gasteiger partial charge in [-0.05, 0) is 87.8 Å². The number of aliphatic hydroxyl groups is 1. The van der Waals surface area contributed by atoms with E-state index in [2.05, 4.69) is 23.0 Å². The van der Waals surface area contributed by atoms with Gasteiger partial charge in [-0.2, -0.15) is 0 Å². The molecular weight excluding hydrogens is 441 g/mol. The van der Waals surface area contributed by atoms with Gasteiger partial charge < -0.3 is 20.6 Å². The molecule has 0 radical (unpaired) electrons. The molecule has 35 heavy (non-hydrogen) atoms. The van der Waals surface area contributed by atoms with Gasteiger partial charge in [0.25, 0.3) is 0 Å². The van der Waals surface area contributed by atoms with Crippen molar-refractivity contribution in [3.8, 4) is 0 Å².